The second-order valence-corrected chi connectivity index (χ2v) is 4.00. The Morgan fingerprint density at radius 1 is 1.18 bits per heavy atom. The van der Waals surface area contributed by atoms with Crippen molar-refractivity contribution in [3.8, 4) is 5.75 Å². The third-order valence-corrected chi connectivity index (χ3v) is 2.42. The van der Waals surface area contributed by atoms with Crippen LogP contribution in [0.4, 0.5) is 5.69 Å². The molecule has 0 bridgehead atoms. The molecule has 17 heavy (non-hydrogen) atoms. The number of benzene rings is 2. The maximum atomic E-state index is 7.82. The molecule has 2 nitrogen and oxygen atoms in total. The van der Waals surface area contributed by atoms with Gasteiger partial charge in [-0.3, -0.25) is 0 Å². The summed E-state index contributed by atoms with van der Waals surface area (Å²) in [6, 6.07) is 5.97. The van der Waals surface area contributed by atoms with Crippen LogP contribution >= 0.6 is 15.9 Å². The number of halogens is 1. The van der Waals surface area contributed by atoms with Crippen molar-refractivity contribution >= 4 is 21.6 Å². The van der Waals surface area contributed by atoms with E-state index < -0.39 is 0 Å². The van der Waals surface area contributed by atoms with Crippen LogP contribution in [-0.4, -0.2) is 0 Å². The molecule has 0 saturated heterocycles. The largest absolute Gasteiger partial charge is 0.489 e. The smallest absolute Gasteiger partial charge is 0.187 e. The van der Waals surface area contributed by atoms with Crippen molar-refractivity contribution < 1.29 is 10.2 Å². The fourth-order valence-corrected chi connectivity index (χ4v) is 1.38. The van der Waals surface area contributed by atoms with Gasteiger partial charge in [-0.15, -0.1) is 0 Å². The standard InChI is InChI=1S/C14H10BrNO/c1-16-13-6-2-11(3-7-13)10-17-14-8-4-12(15)5-9-14/h2-9H,10H2/i4D,5D,8D,9D. The van der Waals surface area contributed by atoms with Crippen molar-refractivity contribution in [2.45, 2.75) is 6.61 Å². The molecule has 0 aliphatic rings. The minimum absolute atomic E-state index is 0.0811. The van der Waals surface area contributed by atoms with Gasteiger partial charge in [0.1, 0.15) is 12.4 Å². The van der Waals surface area contributed by atoms with Crippen LogP contribution in [0.3, 0.4) is 0 Å². The molecule has 0 N–H and O–H groups in total. The Morgan fingerprint density at radius 2 is 1.82 bits per heavy atom. The maximum Gasteiger partial charge on any atom is 0.187 e. The van der Waals surface area contributed by atoms with Gasteiger partial charge in [0.05, 0.1) is 12.1 Å². The van der Waals surface area contributed by atoms with Gasteiger partial charge in [-0.25, -0.2) is 4.85 Å². The molecule has 0 saturated carbocycles. The summed E-state index contributed by atoms with van der Waals surface area (Å²) >= 11 is 3.03. The third kappa shape index (κ3) is 3.33. The molecule has 0 aromatic heterocycles. The molecule has 84 valence electrons. The van der Waals surface area contributed by atoms with E-state index in [0.29, 0.717) is 5.69 Å². The minimum Gasteiger partial charge on any atom is -0.489 e. The minimum atomic E-state index is -0.222. The molecule has 0 amide bonds. The summed E-state index contributed by atoms with van der Waals surface area (Å²) in [7, 11) is 0. The zero-order valence-corrected chi connectivity index (χ0v) is 10.3. The second-order valence-electron chi connectivity index (χ2n) is 3.21. The quantitative estimate of drug-likeness (QED) is 0.755. The fourth-order valence-electron chi connectivity index (χ4n) is 1.18. The molecule has 0 radical (unpaired) electrons. The predicted molar refractivity (Wildman–Crippen MR) is 71.2 cm³/mol. The first-order chi connectivity index (χ1) is 9.95. The third-order valence-electron chi connectivity index (χ3n) is 2.02. The van der Waals surface area contributed by atoms with Crippen molar-refractivity contribution in [1.82, 2.24) is 0 Å². The van der Waals surface area contributed by atoms with E-state index in [2.05, 4.69) is 20.8 Å². The van der Waals surface area contributed by atoms with Gasteiger partial charge < -0.3 is 4.74 Å². The zero-order valence-electron chi connectivity index (χ0n) is 12.7. The van der Waals surface area contributed by atoms with Crippen LogP contribution in [-0.2, 0) is 6.61 Å². The van der Waals surface area contributed by atoms with Crippen LogP contribution < -0.4 is 4.74 Å². The van der Waals surface area contributed by atoms with Crippen LogP contribution in [0.2, 0.25) is 0 Å². The van der Waals surface area contributed by atoms with E-state index in [0.717, 1.165) is 5.56 Å². The molecular formula is C14H10BrNO. The fraction of sp³-hybridized carbons (Fsp3) is 0.0714. The van der Waals surface area contributed by atoms with Crippen molar-refractivity contribution in [2.24, 2.45) is 0 Å². The number of ether oxygens (including phenoxy) is 1. The summed E-state index contributed by atoms with van der Waals surface area (Å²) in [5.74, 6) is -0.0811. The highest BCUT2D eigenvalue weighted by atomic mass is 79.9. The number of rotatable bonds is 3. The van der Waals surface area contributed by atoms with Crippen molar-refractivity contribution in [2.75, 3.05) is 0 Å². The van der Waals surface area contributed by atoms with Crippen LogP contribution in [0.25, 0.3) is 4.85 Å². The monoisotopic (exact) mass is 291 g/mol. The summed E-state index contributed by atoms with van der Waals surface area (Å²) in [6.45, 7) is 6.98. The Bertz CT molecular complexity index is 696. The summed E-state index contributed by atoms with van der Waals surface area (Å²) in [5, 5.41) is 0. The first-order valence-electron chi connectivity index (χ1n) is 6.80. The maximum absolute atomic E-state index is 7.82. The summed E-state index contributed by atoms with van der Waals surface area (Å²) < 4.78 is 36.6. The Morgan fingerprint density at radius 3 is 2.41 bits per heavy atom. The molecule has 2 rings (SSSR count). The lowest BCUT2D eigenvalue weighted by molar-refractivity contribution is 0.306. The SMILES string of the molecule is [2H]c1c([2H])c(OCc2ccc([N+]#[C-])cc2)c([2H])c([2H])c1Br. The van der Waals surface area contributed by atoms with E-state index in [1.54, 1.807) is 24.3 Å². The molecule has 2 aromatic carbocycles. The van der Waals surface area contributed by atoms with E-state index in [4.69, 9.17) is 16.8 Å². The van der Waals surface area contributed by atoms with Gasteiger partial charge in [0.15, 0.2) is 5.69 Å². The van der Waals surface area contributed by atoms with Crippen LogP contribution in [0.5, 0.6) is 5.75 Å². The number of hydrogen-bond acceptors (Lipinski definition) is 1. The normalized spacial score (nSPS) is 12.9. The molecule has 0 fully saturated rings. The van der Waals surface area contributed by atoms with E-state index in [-0.39, 0.29) is 41.0 Å². The second kappa shape index (κ2) is 5.51. The van der Waals surface area contributed by atoms with Crippen molar-refractivity contribution in [3.63, 3.8) is 0 Å². The highest BCUT2D eigenvalue weighted by Crippen LogP contribution is 2.18. The average molecular weight is 292 g/mol. The summed E-state index contributed by atoms with van der Waals surface area (Å²) in [5.41, 5.74) is 1.30. The van der Waals surface area contributed by atoms with Crippen molar-refractivity contribution in [1.29, 1.82) is 0 Å². The van der Waals surface area contributed by atoms with Gasteiger partial charge in [0, 0.05) is 4.47 Å². The Kier molecular flexibility index (Phi) is 2.44. The molecule has 0 aliphatic carbocycles. The van der Waals surface area contributed by atoms with Gasteiger partial charge in [-0.2, -0.15) is 0 Å². The Labute approximate surface area is 114 Å². The van der Waals surface area contributed by atoms with E-state index in [1.165, 1.54) is 0 Å². The average Bonchev–Trinajstić information content (AvgIpc) is 2.51. The molecule has 2 aromatic rings. The lowest BCUT2D eigenvalue weighted by Gasteiger charge is -2.06. The molecule has 0 heterocycles. The lowest BCUT2D eigenvalue weighted by Crippen LogP contribution is -1.94. The van der Waals surface area contributed by atoms with E-state index >= 15 is 0 Å². The number of hydrogen-bond donors (Lipinski definition) is 0. The first kappa shape index (κ1) is 7.52. The predicted octanol–water partition coefficient (Wildman–Crippen LogP) is 4.58. The highest BCUT2D eigenvalue weighted by Gasteiger charge is 1.96. The van der Waals surface area contributed by atoms with Crippen LogP contribution in [0, 0.1) is 6.57 Å². The Balaban J connectivity index is 2.26. The molecule has 0 aliphatic heterocycles. The van der Waals surface area contributed by atoms with Gasteiger partial charge >= 0.3 is 0 Å². The number of nitrogens with zero attached hydrogens (tertiary/aromatic N) is 1. The van der Waals surface area contributed by atoms with E-state index in [9.17, 15) is 0 Å². The first-order valence-corrected chi connectivity index (χ1v) is 5.60. The summed E-state index contributed by atoms with van der Waals surface area (Å²) in [6.07, 6.45) is 0. The van der Waals surface area contributed by atoms with Gasteiger partial charge in [-0.05, 0) is 29.7 Å². The Hall–Kier alpha value is -1.79. The van der Waals surface area contributed by atoms with E-state index in [1.807, 2.05) is 0 Å². The molecular weight excluding hydrogens is 278 g/mol. The van der Waals surface area contributed by atoms with Crippen LogP contribution in [0.15, 0.2) is 52.9 Å². The van der Waals surface area contributed by atoms with Gasteiger partial charge in [0.2, 0.25) is 0 Å². The highest BCUT2D eigenvalue weighted by molar-refractivity contribution is 9.10. The van der Waals surface area contributed by atoms with Gasteiger partial charge in [0.25, 0.3) is 0 Å². The summed E-state index contributed by atoms with van der Waals surface area (Å²) in [4.78, 5) is 3.29. The molecule has 0 spiro atoms. The van der Waals surface area contributed by atoms with Crippen molar-refractivity contribution in [3.05, 3.63) is 69.9 Å². The lowest BCUT2D eigenvalue weighted by atomic mass is 10.2. The molecule has 3 heteroatoms. The topological polar surface area (TPSA) is 13.6 Å². The zero-order chi connectivity index (χ0) is 15.6. The molecule has 0 atom stereocenters. The molecule has 0 unspecified atom stereocenters. The van der Waals surface area contributed by atoms with Gasteiger partial charge in [-0.1, -0.05) is 40.2 Å². The van der Waals surface area contributed by atoms with Crippen LogP contribution in [0.1, 0.15) is 11.0 Å².